The topological polar surface area (TPSA) is 60.5 Å². The molecule has 6 heteroatoms. The van der Waals surface area contributed by atoms with E-state index in [4.69, 9.17) is 9.47 Å². The Kier molecular flexibility index (Phi) is 6.12. The summed E-state index contributed by atoms with van der Waals surface area (Å²) in [6.45, 7) is 5.33. The molecule has 1 aromatic rings. The monoisotopic (exact) mass is 310 g/mol. The highest BCUT2D eigenvalue weighted by atomic mass is 19.1. The molecule has 0 unspecified atom stereocenters. The Bertz CT molecular complexity index is 496. The number of carbonyl (C=O) groups is 1. The van der Waals surface area contributed by atoms with Crippen molar-refractivity contribution in [1.82, 2.24) is 10.3 Å². The normalized spacial score (nSPS) is 21.6. The number of rotatable bonds is 6. The van der Waals surface area contributed by atoms with Gasteiger partial charge in [-0.2, -0.15) is 0 Å². The lowest BCUT2D eigenvalue weighted by Gasteiger charge is -2.33. The number of hydrogen-bond donors (Lipinski definition) is 1. The van der Waals surface area contributed by atoms with Crippen molar-refractivity contribution in [2.24, 2.45) is 11.8 Å². The third kappa shape index (κ3) is 4.40. The predicted octanol–water partition coefficient (Wildman–Crippen LogP) is 2.17. The maximum absolute atomic E-state index is 13.3. The molecule has 0 bridgehead atoms. The molecule has 1 aromatic heterocycles. The second-order valence-electron chi connectivity index (χ2n) is 5.76. The molecule has 5 nitrogen and oxygen atoms in total. The zero-order valence-electron chi connectivity index (χ0n) is 13.0. The van der Waals surface area contributed by atoms with Gasteiger partial charge in [0, 0.05) is 12.8 Å². The summed E-state index contributed by atoms with van der Waals surface area (Å²) in [5, 5.41) is 2.83. The Morgan fingerprint density at radius 3 is 3.14 bits per heavy atom. The summed E-state index contributed by atoms with van der Waals surface area (Å²) in [6, 6.07) is 2.78. The van der Waals surface area contributed by atoms with E-state index in [1.165, 1.54) is 18.3 Å². The van der Waals surface area contributed by atoms with Crippen LogP contribution in [0.15, 0.2) is 18.3 Å². The molecule has 0 spiro atoms. The van der Waals surface area contributed by atoms with E-state index in [1.807, 2.05) is 0 Å². The lowest BCUT2D eigenvalue weighted by molar-refractivity contribution is -0.137. The summed E-state index contributed by atoms with van der Waals surface area (Å²) >= 11 is 0. The molecule has 1 aliphatic heterocycles. The molecule has 1 N–H and O–H groups in total. The van der Waals surface area contributed by atoms with Crippen LogP contribution in [0, 0.1) is 17.7 Å². The molecule has 2 heterocycles. The molecule has 0 aromatic carbocycles. The summed E-state index contributed by atoms with van der Waals surface area (Å²) in [4.78, 5) is 16.0. The molecule has 122 valence electrons. The standard InChI is InChI=1S/C16H23FN2O3/c1-11(2)14-12(5-4-9-21-14)15(20)18-8-10-22-16-13(17)6-3-7-19-16/h3,6-7,11-12,14H,4-5,8-10H2,1-2H3,(H,18,20)/t12-,14+/m1/s1. The maximum Gasteiger partial charge on any atom is 0.250 e. The first-order valence-corrected chi connectivity index (χ1v) is 7.72. The molecule has 0 saturated carbocycles. The molecular weight excluding hydrogens is 287 g/mol. The molecule has 0 aliphatic carbocycles. The van der Waals surface area contributed by atoms with Crippen LogP contribution in [0.1, 0.15) is 26.7 Å². The van der Waals surface area contributed by atoms with Crippen LogP contribution in [0.4, 0.5) is 4.39 Å². The number of amides is 1. The van der Waals surface area contributed by atoms with Crippen molar-refractivity contribution in [3.63, 3.8) is 0 Å². The van der Waals surface area contributed by atoms with Gasteiger partial charge >= 0.3 is 0 Å². The third-order valence-corrected chi connectivity index (χ3v) is 3.72. The van der Waals surface area contributed by atoms with Gasteiger partial charge in [-0.05, 0) is 30.9 Å². The Balaban J connectivity index is 1.76. The van der Waals surface area contributed by atoms with Crippen LogP contribution >= 0.6 is 0 Å². The first-order valence-electron chi connectivity index (χ1n) is 7.72. The number of carbonyl (C=O) groups excluding carboxylic acids is 1. The first-order chi connectivity index (χ1) is 10.6. The average molecular weight is 310 g/mol. The fourth-order valence-corrected chi connectivity index (χ4v) is 2.67. The van der Waals surface area contributed by atoms with Gasteiger partial charge in [-0.15, -0.1) is 0 Å². The van der Waals surface area contributed by atoms with E-state index in [2.05, 4.69) is 24.1 Å². The molecule has 2 atom stereocenters. The van der Waals surface area contributed by atoms with Gasteiger partial charge < -0.3 is 14.8 Å². The molecular formula is C16H23FN2O3. The largest absolute Gasteiger partial charge is 0.474 e. The van der Waals surface area contributed by atoms with E-state index < -0.39 is 5.82 Å². The van der Waals surface area contributed by atoms with Gasteiger partial charge in [-0.3, -0.25) is 4.79 Å². The van der Waals surface area contributed by atoms with Gasteiger partial charge in [0.05, 0.1) is 18.6 Å². The summed E-state index contributed by atoms with van der Waals surface area (Å²) in [5.74, 6) is -0.397. The van der Waals surface area contributed by atoms with E-state index in [0.29, 0.717) is 19.1 Å². The Morgan fingerprint density at radius 2 is 2.41 bits per heavy atom. The minimum absolute atomic E-state index is 0.0245. The van der Waals surface area contributed by atoms with Crippen molar-refractivity contribution in [3.8, 4) is 5.88 Å². The molecule has 0 radical (unpaired) electrons. The van der Waals surface area contributed by atoms with E-state index in [9.17, 15) is 9.18 Å². The maximum atomic E-state index is 13.3. The van der Waals surface area contributed by atoms with Gasteiger partial charge in [-0.25, -0.2) is 9.37 Å². The number of nitrogens with one attached hydrogen (secondary N) is 1. The Hall–Kier alpha value is -1.69. The average Bonchev–Trinajstić information content (AvgIpc) is 2.52. The molecule has 1 fully saturated rings. The van der Waals surface area contributed by atoms with Crippen molar-refractivity contribution in [1.29, 1.82) is 0 Å². The predicted molar refractivity (Wildman–Crippen MR) is 80.0 cm³/mol. The lowest BCUT2D eigenvalue weighted by Crippen LogP contribution is -2.44. The van der Waals surface area contributed by atoms with Crippen LogP contribution in [0.3, 0.4) is 0 Å². The quantitative estimate of drug-likeness (QED) is 0.818. The van der Waals surface area contributed by atoms with Gasteiger partial charge in [-0.1, -0.05) is 13.8 Å². The van der Waals surface area contributed by atoms with Crippen LogP contribution < -0.4 is 10.1 Å². The molecule has 2 rings (SSSR count). The third-order valence-electron chi connectivity index (χ3n) is 3.72. The van der Waals surface area contributed by atoms with Gasteiger partial charge in [0.25, 0.3) is 0 Å². The Morgan fingerprint density at radius 1 is 1.59 bits per heavy atom. The molecule has 1 saturated heterocycles. The SMILES string of the molecule is CC(C)[C@@H]1OCCC[C@H]1C(=O)NCCOc1ncccc1F. The van der Waals surface area contributed by atoms with Crippen LogP contribution in [-0.2, 0) is 9.53 Å². The van der Waals surface area contributed by atoms with Crippen LogP contribution in [-0.4, -0.2) is 36.8 Å². The fraction of sp³-hybridized carbons (Fsp3) is 0.625. The highest BCUT2D eigenvalue weighted by molar-refractivity contribution is 5.79. The number of hydrogen-bond acceptors (Lipinski definition) is 4. The molecule has 1 aliphatic rings. The summed E-state index contributed by atoms with van der Waals surface area (Å²) < 4.78 is 24.2. The van der Waals surface area contributed by atoms with Crippen LogP contribution in [0.2, 0.25) is 0 Å². The molecule has 22 heavy (non-hydrogen) atoms. The number of halogens is 1. The fourth-order valence-electron chi connectivity index (χ4n) is 2.67. The minimum Gasteiger partial charge on any atom is -0.474 e. The highest BCUT2D eigenvalue weighted by Gasteiger charge is 2.33. The summed E-state index contributed by atoms with van der Waals surface area (Å²) in [7, 11) is 0. The zero-order valence-corrected chi connectivity index (χ0v) is 13.0. The van der Waals surface area contributed by atoms with Crippen molar-refractivity contribution in [2.45, 2.75) is 32.8 Å². The van der Waals surface area contributed by atoms with Gasteiger partial charge in [0.2, 0.25) is 11.8 Å². The summed E-state index contributed by atoms with van der Waals surface area (Å²) in [5.41, 5.74) is 0. The van der Waals surface area contributed by atoms with Crippen molar-refractivity contribution in [2.75, 3.05) is 19.8 Å². The van der Waals surface area contributed by atoms with Gasteiger partial charge in [0.15, 0.2) is 5.82 Å². The minimum atomic E-state index is -0.505. The van der Waals surface area contributed by atoms with E-state index >= 15 is 0 Å². The Labute approximate surface area is 130 Å². The lowest BCUT2D eigenvalue weighted by atomic mass is 9.87. The second kappa shape index (κ2) is 8.08. The first kappa shape index (κ1) is 16.7. The van der Waals surface area contributed by atoms with Crippen molar-refractivity contribution in [3.05, 3.63) is 24.1 Å². The number of pyridine rings is 1. The number of ether oxygens (including phenoxy) is 2. The van der Waals surface area contributed by atoms with Crippen molar-refractivity contribution >= 4 is 5.91 Å². The van der Waals surface area contributed by atoms with E-state index in [1.54, 1.807) is 0 Å². The highest BCUT2D eigenvalue weighted by Crippen LogP contribution is 2.26. The molecule has 1 amide bonds. The van der Waals surface area contributed by atoms with Crippen LogP contribution in [0.5, 0.6) is 5.88 Å². The smallest absolute Gasteiger partial charge is 0.250 e. The number of aromatic nitrogens is 1. The zero-order chi connectivity index (χ0) is 15.9. The number of nitrogens with zero attached hydrogens (tertiary/aromatic N) is 1. The van der Waals surface area contributed by atoms with Crippen molar-refractivity contribution < 1.29 is 18.7 Å². The van der Waals surface area contributed by atoms with E-state index in [-0.39, 0.29) is 30.4 Å². The summed E-state index contributed by atoms with van der Waals surface area (Å²) in [6.07, 6.45) is 3.16. The van der Waals surface area contributed by atoms with Crippen LogP contribution in [0.25, 0.3) is 0 Å². The van der Waals surface area contributed by atoms with Gasteiger partial charge in [0.1, 0.15) is 6.61 Å². The second-order valence-corrected chi connectivity index (χ2v) is 5.76. The van der Waals surface area contributed by atoms with E-state index in [0.717, 1.165) is 12.8 Å².